The molecule has 0 aromatic carbocycles. The molecule has 2 unspecified atom stereocenters. The van der Waals surface area contributed by atoms with Crippen molar-refractivity contribution in [3.8, 4) is 0 Å². The second kappa shape index (κ2) is 5.57. The van der Waals surface area contributed by atoms with E-state index in [9.17, 15) is 18.7 Å². The molecule has 0 saturated carbocycles. The van der Waals surface area contributed by atoms with Gasteiger partial charge in [0.25, 0.3) is 0 Å². The average molecular weight is 240 g/mol. The zero-order valence-electron chi connectivity index (χ0n) is 8.58. The van der Waals surface area contributed by atoms with Crippen LogP contribution in [0.4, 0.5) is 0 Å². The number of carbonyl (C=O) groups is 2. The van der Waals surface area contributed by atoms with Gasteiger partial charge in [-0.05, 0) is 13.8 Å². The highest BCUT2D eigenvalue weighted by molar-refractivity contribution is 8.25. The van der Waals surface area contributed by atoms with Crippen LogP contribution in [0.15, 0.2) is 0 Å². The molecule has 0 aliphatic rings. The molecule has 0 aromatic heterocycles. The molecule has 0 rings (SSSR count). The summed E-state index contributed by atoms with van der Waals surface area (Å²) in [4.78, 5) is 22.0. The Labute approximate surface area is 89.3 Å². The molecule has 15 heavy (non-hydrogen) atoms. The molecule has 0 spiro atoms. The molecule has 4 N–H and O–H groups in total. The number of ketones is 2. The molecule has 0 amide bonds. The number of hydrogen-bond donors (Lipinski definition) is 4. The molecule has 0 bridgehead atoms. The summed E-state index contributed by atoms with van der Waals surface area (Å²) in [7, 11) is -3.39. The lowest BCUT2D eigenvalue weighted by Crippen LogP contribution is -2.29. The maximum Gasteiger partial charge on any atom is 0.179 e. The first-order chi connectivity index (χ1) is 6.65. The van der Waals surface area contributed by atoms with Gasteiger partial charge in [0.2, 0.25) is 0 Å². The molecule has 0 fully saturated rings. The van der Waals surface area contributed by atoms with Gasteiger partial charge in [-0.2, -0.15) is 10.6 Å². The summed E-state index contributed by atoms with van der Waals surface area (Å²) in [5.74, 6) is -2.81. The molecule has 6 nitrogen and oxygen atoms in total. The number of carbonyl (C=O) groups excluding carboxylic acids is 2. The molecular formula is C8H16O6S. The molecule has 0 heterocycles. The van der Waals surface area contributed by atoms with Crippen molar-refractivity contribution in [2.75, 3.05) is 11.5 Å². The molecule has 0 saturated heterocycles. The van der Waals surface area contributed by atoms with Gasteiger partial charge in [-0.25, -0.2) is 0 Å². The van der Waals surface area contributed by atoms with Crippen LogP contribution in [0.3, 0.4) is 0 Å². The van der Waals surface area contributed by atoms with Gasteiger partial charge in [0.05, 0.1) is 11.5 Å². The third-order valence-corrected chi connectivity index (χ3v) is 3.17. The highest BCUT2D eigenvalue weighted by Gasteiger charge is 2.25. The van der Waals surface area contributed by atoms with Crippen molar-refractivity contribution >= 4 is 22.2 Å². The van der Waals surface area contributed by atoms with E-state index in [2.05, 4.69) is 0 Å². The van der Waals surface area contributed by atoms with Crippen LogP contribution in [-0.2, 0) is 9.59 Å². The first-order valence-electron chi connectivity index (χ1n) is 4.31. The maximum atomic E-state index is 11.0. The molecule has 0 aliphatic heterocycles. The van der Waals surface area contributed by atoms with Crippen molar-refractivity contribution < 1.29 is 28.9 Å². The van der Waals surface area contributed by atoms with Crippen molar-refractivity contribution in [3.05, 3.63) is 0 Å². The Morgan fingerprint density at radius 2 is 1.27 bits per heavy atom. The van der Waals surface area contributed by atoms with Gasteiger partial charge in [0.15, 0.2) is 11.6 Å². The van der Waals surface area contributed by atoms with Crippen LogP contribution >= 0.6 is 10.6 Å². The van der Waals surface area contributed by atoms with Gasteiger partial charge < -0.3 is 10.2 Å². The van der Waals surface area contributed by atoms with Gasteiger partial charge in [-0.3, -0.25) is 18.7 Å². The number of aliphatic hydroxyl groups is 2. The van der Waals surface area contributed by atoms with Gasteiger partial charge >= 0.3 is 0 Å². The Balaban J connectivity index is 4.31. The largest absolute Gasteiger partial charge is 0.386 e. The predicted octanol–water partition coefficient (Wildman–Crippen LogP) is -0.363. The minimum Gasteiger partial charge on any atom is -0.386 e. The van der Waals surface area contributed by atoms with E-state index in [1.54, 1.807) is 0 Å². The molecule has 2 atom stereocenters. The molecule has 90 valence electrons. The van der Waals surface area contributed by atoms with E-state index in [1.165, 1.54) is 13.8 Å². The summed E-state index contributed by atoms with van der Waals surface area (Å²) in [5, 5.41) is 17.7. The van der Waals surface area contributed by atoms with Gasteiger partial charge in [0.1, 0.15) is 12.2 Å². The lowest BCUT2D eigenvalue weighted by atomic mass is 10.3. The molecular weight excluding hydrogens is 224 g/mol. The molecule has 0 aromatic rings. The summed E-state index contributed by atoms with van der Waals surface area (Å²) in [6, 6.07) is 0. The van der Waals surface area contributed by atoms with Gasteiger partial charge in [0, 0.05) is 0 Å². The standard InChI is InChI=1S/C8H16O6S/c1-5(9)7(11)3-15(13,14)4-8(12)6(2)10/h5-6,9-10,13-14H,3-4H2,1-2H3. The number of aliphatic hydroxyl groups excluding tert-OH is 2. The van der Waals surface area contributed by atoms with E-state index < -0.39 is 45.9 Å². The topological polar surface area (TPSA) is 115 Å². The van der Waals surface area contributed by atoms with Gasteiger partial charge in [-0.15, -0.1) is 0 Å². The summed E-state index contributed by atoms with van der Waals surface area (Å²) in [5.41, 5.74) is 0. The normalized spacial score (nSPS) is 16.9. The van der Waals surface area contributed by atoms with E-state index in [1.807, 2.05) is 0 Å². The van der Waals surface area contributed by atoms with Crippen LogP contribution < -0.4 is 0 Å². The quantitative estimate of drug-likeness (QED) is 0.504. The number of hydrogen-bond acceptors (Lipinski definition) is 6. The van der Waals surface area contributed by atoms with E-state index >= 15 is 0 Å². The van der Waals surface area contributed by atoms with Crippen molar-refractivity contribution in [2.45, 2.75) is 26.1 Å². The maximum absolute atomic E-state index is 11.0. The Hall–Kier alpha value is -0.470. The van der Waals surface area contributed by atoms with E-state index in [-0.39, 0.29) is 0 Å². The predicted molar refractivity (Wildman–Crippen MR) is 56.0 cm³/mol. The summed E-state index contributed by atoms with van der Waals surface area (Å²) >= 11 is 0. The third-order valence-electron chi connectivity index (χ3n) is 1.68. The third kappa shape index (κ3) is 5.85. The van der Waals surface area contributed by atoms with Crippen LogP contribution in [0.2, 0.25) is 0 Å². The van der Waals surface area contributed by atoms with Crippen LogP contribution in [0, 0.1) is 0 Å². The molecule has 0 aliphatic carbocycles. The Morgan fingerprint density at radius 1 is 1.00 bits per heavy atom. The summed E-state index contributed by atoms with van der Waals surface area (Å²) in [6.45, 7) is 2.41. The van der Waals surface area contributed by atoms with Crippen LogP contribution in [0.5, 0.6) is 0 Å². The fourth-order valence-electron chi connectivity index (χ4n) is 0.748. The Kier molecular flexibility index (Phi) is 5.39. The summed E-state index contributed by atoms with van der Waals surface area (Å²) in [6.07, 6.45) is -2.59. The lowest BCUT2D eigenvalue weighted by Gasteiger charge is -2.31. The van der Waals surface area contributed by atoms with Crippen LogP contribution in [0.1, 0.15) is 13.8 Å². The second-order valence-corrected chi connectivity index (χ2v) is 5.56. The van der Waals surface area contributed by atoms with Crippen LogP contribution in [-0.4, -0.2) is 54.6 Å². The summed E-state index contributed by atoms with van der Waals surface area (Å²) < 4.78 is 18.7. The zero-order valence-corrected chi connectivity index (χ0v) is 9.40. The first kappa shape index (κ1) is 14.5. The highest BCUT2D eigenvalue weighted by Crippen LogP contribution is 2.38. The molecule has 7 heteroatoms. The minimum atomic E-state index is -3.39. The number of rotatable bonds is 6. The smallest absolute Gasteiger partial charge is 0.179 e. The minimum absolute atomic E-state index is 0.664. The van der Waals surface area contributed by atoms with Crippen molar-refractivity contribution in [1.82, 2.24) is 0 Å². The van der Waals surface area contributed by atoms with E-state index in [0.717, 1.165) is 0 Å². The first-order valence-corrected chi connectivity index (χ1v) is 6.19. The SMILES string of the molecule is CC(O)C(=O)CS(O)(O)CC(=O)C(C)O. The lowest BCUT2D eigenvalue weighted by molar-refractivity contribution is -0.123. The van der Waals surface area contributed by atoms with Crippen molar-refractivity contribution in [2.24, 2.45) is 0 Å². The highest BCUT2D eigenvalue weighted by atomic mass is 32.3. The van der Waals surface area contributed by atoms with Gasteiger partial charge in [-0.1, -0.05) is 0 Å². The van der Waals surface area contributed by atoms with E-state index in [0.29, 0.717) is 0 Å². The fraction of sp³-hybridized carbons (Fsp3) is 0.750. The van der Waals surface area contributed by atoms with Crippen molar-refractivity contribution in [3.63, 3.8) is 0 Å². The Bertz CT molecular complexity index is 224. The fourth-order valence-corrected chi connectivity index (χ4v) is 2.24. The number of Topliss-reactive ketones (excluding diaryl/α,β-unsaturated/α-hetero) is 2. The molecule has 0 radical (unpaired) electrons. The monoisotopic (exact) mass is 240 g/mol. The zero-order chi connectivity index (χ0) is 12.2. The second-order valence-electron chi connectivity index (χ2n) is 3.38. The Morgan fingerprint density at radius 3 is 1.47 bits per heavy atom. The van der Waals surface area contributed by atoms with E-state index in [4.69, 9.17) is 10.2 Å². The van der Waals surface area contributed by atoms with Crippen molar-refractivity contribution in [1.29, 1.82) is 0 Å². The van der Waals surface area contributed by atoms with Crippen LogP contribution in [0.25, 0.3) is 0 Å². The average Bonchev–Trinajstić information content (AvgIpc) is 2.01.